The predicted molar refractivity (Wildman–Crippen MR) is 78.8 cm³/mol. The number of nitrogens with zero attached hydrogens (tertiary/aromatic N) is 1. The van der Waals surface area contributed by atoms with E-state index in [0.29, 0.717) is 9.35 Å². The minimum Gasteiger partial charge on any atom is -0.478 e. The standard InChI is InChI=1S/C12H10BrNO4S2/c1-7-14-5-9(19-7)6-20(17,18)11-4-8(12(15)16)2-3-10(11)13/h2-5H,6H2,1H3,(H,15,16). The lowest BCUT2D eigenvalue weighted by atomic mass is 10.2. The molecule has 1 N–H and O–H groups in total. The van der Waals surface area contributed by atoms with Crippen LogP contribution in [0.5, 0.6) is 0 Å². The fraction of sp³-hybridized carbons (Fsp3) is 0.167. The molecule has 0 aliphatic carbocycles. The van der Waals surface area contributed by atoms with E-state index in [1.807, 2.05) is 0 Å². The smallest absolute Gasteiger partial charge is 0.335 e. The number of sulfone groups is 1. The van der Waals surface area contributed by atoms with Crippen molar-refractivity contribution in [3.8, 4) is 0 Å². The minimum atomic E-state index is -3.63. The number of carboxylic acids is 1. The topological polar surface area (TPSA) is 84.3 Å². The van der Waals surface area contributed by atoms with Crippen LogP contribution in [0.2, 0.25) is 0 Å². The molecule has 0 spiro atoms. The molecule has 0 radical (unpaired) electrons. The summed E-state index contributed by atoms with van der Waals surface area (Å²) in [5.74, 6) is -1.36. The molecule has 2 aromatic rings. The normalized spacial score (nSPS) is 11.5. The van der Waals surface area contributed by atoms with Crippen molar-refractivity contribution in [1.82, 2.24) is 4.98 Å². The highest BCUT2D eigenvalue weighted by Crippen LogP contribution is 2.27. The van der Waals surface area contributed by atoms with Gasteiger partial charge in [0, 0.05) is 15.5 Å². The van der Waals surface area contributed by atoms with Crippen LogP contribution in [0.15, 0.2) is 33.8 Å². The number of hydrogen-bond acceptors (Lipinski definition) is 5. The number of carbonyl (C=O) groups is 1. The molecule has 0 bridgehead atoms. The molecule has 0 saturated heterocycles. The Labute approximate surface area is 128 Å². The van der Waals surface area contributed by atoms with Crippen LogP contribution >= 0.6 is 27.3 Å². The molecule has 106 valence electrons. The van der Waals surface area contributed by atoms with Gasteiger partial charge in [0.05, 0.1) is 21.2 Å². The van der Waals surface area contributed by atoms with Gasteiger partial charge in [-0.3, -0.25) is 0 Å². The monoisotopic (exact) mass is 375 g/mol. The molecule has 0 aliphatic rings. The minimum absolute atomic E-state index is 0.0246. The summed E-state index contributed by atoms with van der Waals surface area (Å²) >= 11 is 4.45. The van der Waals surface area contributed by atoms with Gasteiger partial charge in [-0.05, 0) is 41.1 Å². The Balaban J connectivity index is 2.43. The van der Waals surface area contributed by atoms with E-state index in [0.717, 1.165) is 11.1 Å². The van der Waals surface area contributed by atoms with Crippen molar-refractivity contribution in [2.45, 2.75) is 17.6 Å². The molecule has 0 amide bonds. The van der Waals surface area contributed by atoms with Crippen molar-refractivity contribution in [2.24, 2.45) is 0 Å². The van der Waals surface area contributed by atoms with E-state index in [2.05, 4.69) is 20.9 Å². The molecule has 0 saturated carbocycles. The van der Waals surface area contributed by atoms with Gasteiger partial charge < -0.3 is 5.11 Å². The lowest BCUT2D eigenvalue weighted by Gasteiger charge is -2.06. The second-order valence-corrected chi connectivity index (χ2v) is 8.19. The van der Waals surface area contributed by atoms with E-state index in [4.69, 9.17) is 5.11 Å². The lowest BCUT2D eigenvalue weighted by Crippen LogP contribution is -2.07. The first-order valence-corrected chi connectivity index (χ1v) is 8.72. The van der Waals surface area contributed by atoms with Crippen molar-refractivity contribution < 1.29 is 18.3 Å². The Kier molecular flexibility index (Phi) is 4.26. The number of aromatic carboxylic acids is 1. The summed E-state index contributed by atoms with van der Waals surface area (Å²) < 4.78 is 25.1. The van der Waals surface area contributed by atoms with E-state index in [-0.39, 0.29) is 16.2 Å². The SMILES string of the molecule is Cc1ncc(CS(=O)(=O)c2cc(C(=O)O)ccc2Br)s1. The van der Waals surface area contributed by atoms with Gasteiger partial charge in [-0.15, -0.1) is 11.3 Å². The predicted octanol–water partition coefficient (Wildman–Crippen LogP) is 2.89. The average Bonchev–Trinajstić information content (AvgIpc) is 2.73. The zero-order valence-electron chi connectivity index (χ0n) is 10.3. The second-order valence-electron chi connectivity index (χ2n) is 4.06. The van der Waals surface area contributed by atoms with Gasteiger partial charge in [0.1, 0.15) is 0 Å². The summed E-state index contributed by atoms with van der Waals surface area (Å²) in [5, 5.41) is 9.73. The van der Waals surface area contributed by atoms with Crippen LogP contribution < -0.4 is 0 Å². The number of rotatable bonds is 4. The molecule has 20 heavy (non-hydrogen) atoms. The molecular formula is C12H10BrNO4S2. The van der Waals surface area contributed by atoms with Crippen molar-refractivity contribution in [1.29, 1.82) is 0 Å². The number of carboxylic acid groups (broad SMARTS) is 1. The van der Waals surface area contributed by atoms with E-state index >= 15 is 0 Å². The second kappa shape index (κ2) is 5.63. The third-order valence-corrected chi connectivity index (χ3v) is 6.26. The van der Waals surface area contributed by atoms with Gasteiger partial charge in [0.25, 0.3) is 0 Å². The fourth-order valence-electron chi connectivity index (χ4n) is 1.61. The van der Waals surface area contributed by atoms with Crippen molar-refractivity contribution in [2.75, 3.05) is 0 Å². The van der Waals surface area contributed by atoms with Crippen LogP contribution in [-0.4, -0.2) is 24.5 Å². The van der Waals surface area contributed by atoms with E-state index in [1.54, 1.807) is 6.92 Å². The Morgan fingerprint density at radius 1 is 1.45 bits per heavy atom. The van der Waals surface area contributed by atoms with Crippen LogP contribution in [0.3, 0.4) is 0 Å². The quantitative estimate of drug-likeness (QED) is 0.887. The Morgan fingerprint density at radius 3 is 2.70 bits per heavy atom. The molecule has 0 atom stereocenters. The van der Waals surface area contributed by atoms with Crippen molar-refractivity contribution in [3.63, 3.8) is 0 Å². The molecule has 0 unspecified atom stereocenters. The lowest BCUT2D eigenvalue weighted by molar-refractivity contribution is 0.0696. The summed E-state index contributed by atoms with van der Waals surface area (Å²) in [6.07, 6.45) is 1.52. The first-order chi connectivity index (χ1) is 9.29. The number of hydrogen-bond donors (Lipinski definition) is 1. The summed E-state index contributed by atoms with van der Waals surface area (Å²) in [6.45, 7) is 1.79. The van der Waals surface area contributed by atoms with Gasteiger partial charge in [0.2, 0.25) is 0 Å². The number of thiazole rings is 1. The van der Waals surface area contributed by atoms with Crippen LogP contribution in [0.4, 0.5) is 0 Å². The zero-order chi connectivity index (χ0) is 14.9. The van der Waals surface area contributed by atoms with Crippen LogP contribution in [0.25, 0.3) is 0 Å². The molecule has 1 heterocycles. The summed E-state index contributed by atoms with van der Waals surface area (Å²) in [5.41, 5.74) is -0.0627. The third-order valence-electron chi connectivity index (χ3n) is 2.51. The highest BCUT2D eigenvalue weighted by molar-refractivity contribution is 9.10. The van der Waals surface area contributed by atoms with E-state index in [1.165, 1.54) is 29.7 Å². The molecule has 1 aromatic heterocycles. The molecular weight excluding hydrogens is 366 g/mol. The Hall–Kier alpha value is -1.25. The van der Waals surface area contributed by atoms with Gasteiger partial charge in [-0.25, -0.2) is 18.2 Å². The maximum atomic E-state index is 12.4. The third kappa shape index (κ3) is 3.25. The van der Waals surface area contributed by atoms with Crippen molar-refractivity contribution in [3.05, 3.63) is 44.3 Å². The maximum Gasteiger partial charge on any atom is 0.335 e. The maximum absolute atomic E-state index is 12.4. The average molecular weight is 376 g/mol. The first kappa shape index (κ1) is 15.1. The number of aromatic nitrogens is 1. The Morgan fingerprint density at radius 2 is 2.15 bits per heavy atom. The zero-order valence-corrected chi connectivity index (χ0v) is 13.5. The molecule has 8 heteroatoms. The highest BCUT2D eigenvalue weighted by atomic mass is 79.9. The van der Waals surface area contributed by atoms with Crippen LogP contribution in [0, 0.1) is 6.92 Å². The fourth-order valence-corrected chi connectivity index (χ4v) is 5.17. The van der Waals surface area contributed by atoms with Gasteiger partial charge in [-0.1, -0.05) is 0 Å². The summed E-state index contributed by atoms with van der Waals surface area (Å²) in [7, 11) is -3.63. The van der Waals surface area contributed by atoms with Crippen molar-refractivity contribution >= 4 is 43.1 Å². The van der Waals surface area contributed by atoms with E-state index < -0.39 is 15.8 Å². The number of benzene rings is 1. The summed E-state index contributed by atoms with van der Waals surface area (Å²) in [6, 6.07) is 3.94. The van der Waals surface area contributed by atoms with Gasteiger partial charge in [-0.2, -0.15) is 0 Å². The van der Waals surface area contributed by atoms with Gasteiger partial charge >= 0.3 is 5.97 Å². The van der Waals surface area contributed by atoms with Crippen LogP contribution in [0.1, 0.15) is 20.2 Å². The summed E-state index contributed by atoms with van der Waals surface area (Å²) in [4.78, 5) is 15.5. The number of aryl methyl sites for hydroxylation is 1. The number of halogens is 1. The first-order valence-electron chi connectivity index (χ1n) is 5.46. The molecule has 5 nitrogen and oxygen atoms in total. The van der Waals surface area contributed by atoms with Crippen LogP contribution in [-0.2, 0) is 15.6 Å². The largest absolute Gasteiger partial charge is 0.478 e. The highest BCUT2D eigenvalue weighted by Gasteiger charge is 2.21. The molecule has 0 aliphatic heterocycles. The van der Waals surface area contributed by atoms with E-state index in [9.17, 15) is 13.2 Å². The Bertz CT molecular complexity index is 768. The molecule has 2 rings (SSSR count). The van der Waals surface area contributed by atoms with Gasteiger partial charge in [0.15, 0.2) is 9.84 Å². The molecule has 1 aromatic carbocycles. The molecule has 0 fully saturated rings.